The van der Waals surface area contributed by atoms with Crippen LogP contribution in [0.2, 0.25) is 0 Å². The summed E-state index contributed by atoms with van der Waals surface area (Å²) in [6.45, 7) is 0.632. The first-order chi connectivity index (χ1) is 15.6. The average molecular weight is 428 g/mol. The van der Waals surface area contributed by atoms with Crippen molar-refractivity contribution < 1.29 is 14.4 Å². The topological polar surface area (TPSA) is 87.3 Å². The molecule has 0 aliphatic heterocycles. The molecule has 0 saturated heterocycles. The second-order valence-electron chi connectivity index (χ2n) is 7.80. The lowest BCUT2D eigenvalue weighted by molar-refractivity contribution is -0.117. The number of hydrogen-bond acceptors (Lipinski definition) is 3. The van der Waals surface area contributed by atoms with Gasteiger partial charge in [0.2, 0.25) is 5.91 Å². The molecule has 0 radical (unpaired) electrons. The van der Waals surface area contributed by atoms with Crippen molar-refractivity contribution in [3.8, 4) is 11.1 Å². The summed E-state index contributed by atoms with van der Waals surface area (Å²) in [7, 11) is 0. The fourth-order valence-corrected chi connectivity index (χ4v) is 3.30. The van der Waals surface area contributed by atoms with Crippen molar-refractivity contribution in [1.29, 1.82) is 0 Å². The molecule has 3 amide bonds. The highest BCUT2D eigenvalue weighted by Gasteiger charge is 2.29. The van der Waals surface area contributed by atoms with Gasteiger partial charge in [-0.2, -0.15) is 0 Å². The standard InChI is InChI=1S/C26H25N3O3/c30-24(20-8-6-19(7-9-20)18-4-2-1-3-5-18)27-16-17-28-25(31)21-12-14-23(15-13-21)29-26(32)22-10-11-22/h1-9,12-15,22H,10-11,16-17H2,(H,27,30)(H,28,31)(H,29,32). The second-order valence-corrected chi connectivity index (χ2v) is 7.80. The molecule has 3 aromatic rings. The zero-order valence-electron chi connectivity index (χ0n) is 17.6. The molecule has 6 heteroatoms. The van der Waals surface area contributed by atoms with Gasteiger partial charge in [0.1, 0.15) is 0 Å². The Bertz CT molecular complexity index is 1090. The predicted octanol–water partition coefficient (Wildman–Crippen LogP) is 3.86. The second kappa shape index (κ2) is 9.92. The van der Waals surface area contributed by atoms with E-state index in [1.807, 2.05) is 42.5 Å². The van der Waals surface area contributed by atoms with Gasteiger partial charge in [-0.15, -0.1) is 0 Å². The lowest BCUT2D eigenvalue weighted by Crippen LogP contribution is -2.34. The third-order valence-electron chi connectivity index (χ3n) is 5.31. The van der Waals surface area contributed by atoms with Gasteiger partial charge in [-0.1, -0.05) is 42.5 Å². The minimum atomic E-state index is -0.230. The van der Waals surface area contributed by atoms with Crippen LogP contribution in [0.3, 0.4) is 0 Å². The van der Waals surface area contributed by atoms with Crippen molar-refractivity contribution in [3.63, 3.8) is 0 Å². The molecule has 0 aromatic heterocycles. The number of carbonyl (C=O) groups excluding carboxylic acids is 3. The van der Waals surface area contributed by atoms with Crippen molar-refractivity contribution in [1.82, 2.24) is 10.6 Å². The highest BCUT2D eigenvalue weighted by Crippen LogP contribution is 2.30. The maximum atomic E-state index is 12.3. The van der Waals surface area contributed by atoms with Gasteiger partial charge in [-0.05, 0) is 60.4 Å². The molecule has 1 saturated carbocycles. The van der Waals surface area contributed by atoms with Crippen molar-refractivity contribution in [2.45, 2.75) is 12.8 Å². The number of anilines is 1. The molecule has 3 aromatic carbocycles. The van der Waals surface area contributed by atoms with Gasteiger partial charge in [0.25, 0.3) is 11.8 Å². The van der Waals surface area contributed by atoms with Gasteiger partial charge in [0.05, 0.1) is 0 Å². The fraction of sp³-hybridized carbons (Fsp3) is 0.192. The zero-order chi connectivity index (χ0) is 22.3. The predicted molar refractivity (Wildman–Crippen MR) is 124 cm³/mol. The van der Waals surface area contributed by atoms with Crippen molar-refractivity contribution in [2.75, 3.05) is 18.4 Å². The highest BCUT2D eigenvalue weighted by atomic mass is 16.2. The first-order valence-electron chi connectivity index (χ1n) is 10.7. The van der Waals surface area contributed by atoms with Gasteiger partial charge in [0, 0.05) is 35.8 Å². The summed E-state index contributed by atoms with van der Waals surface area (Å²) < 4.78 is 0. The van der Waals surface area contributed by atoms with Crippen LogP contribution in [-0.2, 0) is 4.79 Å². The fourth-order valence-electron chi connectivity index (χ4n) is 3.30. The summed E-state index contributed by atoms with van der Waals surface area (Å²) in [6, 6.07) is 24.2. The van der Waals surface area contributed by atoms with E-state index < -0.39 is 0 Å². The molecular weight excluding hydrogens is 402 g/mol. The minimum absolute atomic E-state index is 0.0349. The SMILES string of the molecule is O=C(NCCNC(=O)c1ccc(-c2ccccc2)cc1)c1ccc(NC(=O)C2CC2)cc1. The van der Waals surface area contributed by atoms with Crippen LogP contribution < -0.4 is 16.0 Å². The van der Waals surface area contributed by atoms with Gasteiger partial charge in [0.15, 0.2) is 0 Å². The number of hydrogen-bond donors (Lipinski definition) is 3. The van der Waals surface area contributed by atoms with Crippen LogP contribution in [0.1, 0.15) is 33.6 Å². The Morgan fingerprint density at radius 2 is 1.16 bits per heavy atom. The summed E-state index contributed by atoms with van der Waals surface area (Å²) in [4.78, 5) is 36.4. The Labute approximate surface area is 187 Å². The maximum Gasteiger partial charge on any atom is 0.251 e. The molecule has 162 valence electrons. The Morgan fingerprint density at radius 1 is 0.656 bits per heavy atom. The maximum absolute atomic E-state index is 12.3. The van der Waals surface area contributed by atoms with Crippen LogP contribution in [-0.4, -0.2) is 30.8 Å². The Hall–Kier alpha value is -3.93. The molecule has 0 heterocycles. The Morgan fingerprint density at radius 3 is 1.69 bits per heavy atom. The third kappa shape index (κ3) is 5.60. The summed E-state index contributed by atoms with van der Waals surface area (Å²) in [5, 5.41) is 8.44. The van der Waals surface area contributed by atoms with Crippen LogP contribution in [0.4, 0.5) is 5.69 Å². The van der Waals surface area contributed by atoms with Crippen molar-refractivity contribution >= 4 is 23.4 Å². The summed E-state index contributed by atoms with van der Waals surface area (Å²) in [6.07, 6.45) is 1.89. The highest BCUT2D eigenvalue weighted by molar-refractivity contribution is 5.97. The lowest BCUT2D eigenvalue weighted by atomic mass is 10.0. The number of amides is 3. The van der Waals surface area contributed by atoms with Crippen LogP contribution in [0.25, 0.3) is 11.1 Å². The zero-order valence-corrected chi connectivity index (χ0v) is 17.6. The minimum Gasteiger partial charge on any atom is -0.350 e. The molecular formula is C26H25N3O3. The molecule has 0 bridgehead atoms. The number of benzene rings is 3. The summed E-state index contributed by atoms with van der Waals surface area (Å²) in [5.74, 6) is -0.246. The number of carbonyl (C=O) groups is 3. The molecule has 1 aliphatic carbocycles. The van der Waals surface area contributed by atoms with E-state index in [-0.39, 0.29) is 23.6 Å². The molecule has 1 aliphatic rings. The number of rotatable bonds is 8. The lowest BCUT2D eigenvalue weighted by Gasteiger charge is -2.09. The molecule has 4 rings (SSSR count). The van der Waals surface area contributed by atoms with Crippen LogP contribution in [0, 0.1) is 5.92 Å². The van der Waals surface area contributed by atoms with Crippen LogP contribution in [0.5, 0.6) is 0 Å². The van der Waals surface area contributed by atoms with E-state index in [0.717, 1.165) is 24.0 Å². The van der Waals surface area contributed by atoms with E-state index in [9.17, 15) is 14.4 Å². The smallest absolute Gasteiger partial charge is 0.251 e. The van der Waals surface area contributed by atoms with E-state index in [0.29, 0.717) is 29.9 Å². The Balaban J connectivity index is 1.20. The average Bonchev–Trinajstić information content (AvgIpc) is 3.68. The van der Waals surface area contributed by atoms with Crippen LogP contribution >= 0.6 is 0 Å². The van der Waals surface area contributed by atoms with E-state index >= 15 is 0 Å². The van der Waals surface area contributed by atoms with Crippen LogP contribution in [0.15, 0.2) is 78.9 Å². The van der Waals surface area contributed by atoms with E-state index in [4.69, 9.17) is 0 Å². The van der Waals surface area contributed by atoms with E-state index in [1.54, 1.807) is 36.4 Å². The van der Waals surface area contributed by atoms with Crippen molar-refractivity contribution in [2.24, 2.45) is 5.92 Å². The molecule has 3 N–H and O–H groups in total. The van der Waals surface area contributed by atoms with Gasteiger partial charge >= 0.3 is 0 Å². The van der Waals surface area contributed by atoms with E-state index in [1.165, 1.54) is 0 Å². The quantitative estimate of drug-likeness (QED) is 0.477. The molecule has 6 nitrogen and oxygen atoms in total. The number of nitrogens with one attached hydrogen (secondary N) is 3. The molecule has 0 atom stereocenters. The van der Waals surface area contributed by atoms with Gasteiger partial charge in [-0.3, -0.25) is 14.4 Å². The molecule has 0 spiro atoms. The van der Waals surface area contributed by atoms with Gasteiger partial charge in [-0.25, -0.2) is 0 Å². The third-order valence-corrected chi connectivity index (χ3v) is 5.31. The first-order valence-corrected chi connectivity index (χ1v) is 10.7. The molecule has 0 unspecified atom stereocenters. The summed E-state index contributed by atoms with van der Waals surface area (Å²) >= 11 is 0. The van der Waals surface area contributed by atoms with Gasteiger partial charge < -0.3 is 16.0 Å². The van der Waals surface area contributed by atoms with E-state index in [2.05, 4.69) is 16.0 Å². The summed E-state index contributed by atoms with van der Waals surface area (Å²) in [5.41, 5.74) is 3.90. The van der Waals surface area contributed by atoms with Crippen molar-refractivity contribution in [3.05, 3.63) is 90.0 Å². The molecule has 32 heavy (non-hydrogen) atoms. The normalized spacial score (nSPS) is 12.6. The first kappa shape index (κ1) is 21.3. The Kier molecular flexibility index (Phi) is 6.60. The largest absolute Gasteiger partial charge is 0.350 e. The molecule has 1 fully saturated rings. The monoisotopic (exact) mass is 427 g/mol.